The van der Waals surface area contributed by atoms with Crippen LogP contribution in [0, 0.1) is 0 Å². The van der Waals surface area contributed by atoms with Gasteiger partial charge in [-0.1, -0.05) is 18.2 Å². The number of nitrogens with two attached hydrogens (primary N) is 1. The fourth-order valence-electron chi connectivity index (χ4n) is 2.23. The first kappa shape index (κ1) is 15.0. The molecule has 1 aromatic carbocycles. The summed E-state index contributed by atoms with van der Waals surface area (Å²) in [6.45, 7) is 1.01. The maximum atomic E-state index is 11.8. The Labute approximate surface area is 124 Å². The second kappa shape index (κ2) is 6.85. The zero-order chi connectivity index (χ0) is 15.2. The van der Waals surface area contributed by atoms with Crippen molar-refractivity contribution >= 4 is 11.7 Å². The van der Waals surface area contributed by atoms with Crippen molar-refractivity contribution in [3.63, 3.8) is 0 Å². The van der Waals surface area contributed by atoms with E-state index in [1.165, 1.54) is 7.11 Å². The third-order valence-electron chi connectivity index (χ3n) is 3.31. The molecule has 5 nitrogen and oxygen atoms in total. The van der Waals surface area contributed by atoms with Gasteiger partial charge in [0.1, 0.15) is 0 Å². The summed E-state index contributed by atoms with van der Waals surface area (Å²) in [6.07, 6.45) is 1.73. The monoisotopic (exact) mass is 285 g/mol. The first-order valence-electron chi connectivity index (χ1n) is 6.68. The third-order valence-corrected chi connectivity index (χ3v) is 3.31. The number of nitrogens with zero attached hydrogens (tertiary/aromatic N) is 2. The summed E-state index contributed by atoms with van der Waals surface area (Å²) in [5.41, 5.74) is 8.97. The van der Waals surface area contributed by atoms with Crippen LogP contribution in [0.4, 0.5) is 5.69 Å². The summed E-state index contributed by atoms with van der Waals surface area (Å²) < 4.78 is 4.82. The number of methoxy groups -OCH3 is 1. The summed E-state index contributed by atoms with van der Waals surface area (Å²) >= 11 is 0. The van der Waals surface area contributed by atoms with Crippen LogP contribution in [0.25, 0.3) is 0 Å². The SMILES string of the molecule is COC(=O)c1ccccc1N(C)Cc1cccnc1CN. The molecule has 0 aliphatic rings. The molecule has 0 amide bonds. The number of benzene rings is 1. The minimum absolute atomic E-state index is 0.345. The molecule has 5 heteroatoms. The van der Waals surface area contributed by atoms with Crippen molar-refractivity contribution in [2.45, 2.75) is 13.1 Å². The first-order valence-corrected chi connectivity index (χ1v) is 6.68. The first-order chi connectivity index (χ1) is 10.2. The smallest absolute Gasteiger partial charge is 0.339 e. The van der Waals surface area contributed by atoms with Gasteiger partial charge in [-0.25, -0.2) is 4.79 Å². The fourth-order valence-corrected chi connectivity index (χ4v) is 2.23. The Kier molecular flexibility index (Phi) is 4.90. The van der Waals surface area contributed by atoms with E-state index >= 15 is 0 Å². The molecule has 1 aromatic heterocycles. The zero-order valence-corrected chi connectivity index (χ0v) is 12.2. The molecule has 0 saturated carbocycles. The van der Waals surface area contributed by atoms with Crippen LogP contribution < -0.4 is 10.6 Å². The predicted molar refractivity (Wildman–Crippen MR) is 82.0 cm³/mol. The topological polar surface area (TPSA) is 68.5 Å². The molecular weight excluding hydrogens is 266 g/mol. The lowest BCUT2D eigenvalue weighted by atomic mass is 10.1. The largest absolute Gasteiger partial charge is 0.465 e. The number of ether oxygens (including phenoxy) is 1. The van der Waals surface area contributed by atoms with E-state index in [0.717, 1.165) is 16.9 Å². The second-order valence-corrected chi connectivity index (χ2v) is 4.68. The van der Waals surface area contributed by atoms with Crippen LogP contribution in [-0.2, 0) is 17.8 Å². The number of anilines is 1. The highest BCUT2D eigenvalue weighted by molar-refractivity contribution is 5.95. The van der Waals surface area contributed by atoms with Gasteiger partial charge < -0.3 is 15.4 Å². The van der Waals surface area contributed by atoms with Crippen LogP contribution in [0.5, 0.6) is 0 Å². The van der Waals surface area contributed by atoms with Crippen LogP contribution in [-0.4, -0.2) is 25.1 Å². The molecule has 2 aromatic rings. The Morgan fingerprint density at radius 1 is 1.29 bits per heavy atom. The molecule has 0 spiro atoms. The van der Waals surface area contributed by atoms with E-state index in [2.05, 4.69) is 4.98 Å². The molecular formula is C16H19N3O2. The Balaban J connectivity index is 2.28. The number of aromatic nitrogens is 1. The number of esters is 1. The molecule has 2 N–H and O–H groups in total. The molecule has 2 rings (SSSR count). The highest BCUT2D eigenvalue weighted by atomic mass is 16.5. The third kappa shape index (κ3) is 3.38. The summed E-state index contributed by atoms with van der Waals surface area (Å²) in [7, 11) is 3.31. The van der Waals surface area contributed by atoms with E-state index in [4.69, 9.17) is 10.5 Å². The molecule has 0 atom stereocenters. The van der Waals surface area contributed by atoms with Gasteiger partial charge in [0.25, 0.3) is 0 Å². The molecule has 0 saturated heterocycles. The predicted octanol–water partition coefficient (Wildman–Crippen LogP) is 1.96. The Morgan fingerprint density at radius 2 is 2.05 bits per heavy atom. The Morgan fingerprint density at radius 3 is 2.76 bits per heavy atom. The van der Waals surface area contributed by atoms with Crippen molar-refractivity contribution in [3.05, 3.63) is 59.4 Å². The molecule has 0 aliphatic heterocycles. The van der Waals surface area contributed by atoms with E-state index in [-0.39, 0.29) is 5.97 Å². The van der Waals surface area contributed by atoms with Crippen molar-refractivity contribution in [2.75, 3.05) is 19.1 Å². The zero-order valence-electron chi connectivity index (χ0n) is 12.2. The molecule has 21 heavy (non-hydrogen) atoms. The molecule has 0 fully saturated rings. The van der Waals surface area contributed by atoms with Crippen LogP contribution >= 0.6 is 0 Å². The van der Waals surface area contributed by atoms with E-state index < -0.39 is 0 Å². The molecule has 0 radical (unpaired) electrons. The van der Waals surface area contributed by atoms with Gasteiger partial charge in [-0.05, 0) is 23.8 Å². The van der Waals surface area contributed by atoms with Gasteiger partial charge in [-0.2, -0.15) is 0 Å². The number of rotatable bonds is 5. The number of carbonyl (C=O) groups excluding carboxylic acids is 1. The van der Waals surface area contributed by atoms with Crippen molar-refractivity contribution < 1.29 is 9.53 Å². The average Bonchev–Trinajstić information content (AvgIpc) is 2.54. The van der Waals surface area contributed by atoms with E-state index in [1.54, 1.807) is 12.3 Å². The molecule has 0 bridgehead atoms. The second-order valence-electron chi connectivity index (χ2n) is 4.68. The van der Waals surface area contributed by atoms with Crippen LogP contribution in [0.2, 0.25) is 0 Å². The van der Waals surface area contributed by atoms with Gasteiger partial charge in [0.05, 0.1) is 24.1 Å². The maximum Gasteiger partial charge on any atom is 0.339 e. The van der Waals surface area contributed by atoms with Gasteiger partial charge in [-0.3, -0.25) is 4.98 Å². The average molecular weight is 285 g/mol. The number of hydrogen-bond donors (Lipinski definition) is 1. The minimum Gasteiger partial charge on any atom is -0.465 e. The molecule has 1 heterocycles. The fraction of sp³-hybridized carbons (Fsp3) is 0.250. The van der Waals surface area contributed by atoms with Crippen LogP contribution in [0.15, 0.2) is 42.6 Å². The van der Waals surface area contributed by atoms with Crippen LogP contribution in [0.3, 0.4) is 0 Å². The summed E-state index contributed by atoms with van der Waals surface area (Å²) in [5.74, 6) is -0.345. The van der Waals surface area contributed by atoms with Crippen molar-refractivity contribution in [1.29, 1.82) is 0 Å². The molecule has 0 aliphatic carbocycles. The van der Waals surface area contributed by atoms with Crippen LogP contribution in [0.1, 0.15) is 21.6 Å². The lowest BCUT2D eigenvalue weighted by molar-refractivity contribution is 0.0601. The normalized spacial score (nSPS) is 10.2. The number of carbonyl (C=O) groups is 1. The standard InChI is InChI=1S/C16H19N3O2/c1-19(11-12-6-5-9-18-14(12)10-17)15-8-4-3-7-13(15)16(20)21-2/h3-9H,10-11,17H2,1-2H3. The Bertz CT molecular complexity index is 628. The maximum absolute atomic E-state index is 11.8. The van der Waals surface area contributed by atoms with E-state index in [1.807, 2.05) is 42.3 Å². The number of pyridine rings is 1. The van der Waals surface area contributed by atoms with Gasteiger partial charge >= 0.3 is 5.97 Å². The van der Waals surface area contributed by atoms with E-state index in [0.29, 0.717) is 18.7 Å². The molecule has 0 unspecified atom stereocenters. The van der Waals surface area contributed by atoms with Gasteiger partial charge in [0.2, 0.25) is 0 Å². The number of para-hydroxylation sites is 1. The highest BCUT2D eigenvalue weighted by Crippen LogP contribution is 2.22. The summed E-state index contributed by atoms with van der Waals surface area (Å²) in [6, 6.07) is 11.2. The Hall–Kier alpha value is -2.40. The summed E-state index contributed by atoms with van der Waals surface area (Å²) in [4.78, 5) is 18.1. The van der Waals surface area contributed by atoms with E-state index in [9.17, 15) is 4.79 Å². The lowest BCUT2D eigenvalue weighted by Crippen LogP contribution is -2.21. The lowest BCUT2D eigenvalue weighted by Gasteiger charge is -2.22. The van der Waals surface area contributed by atoms with Gasteiger partial charge in [-0.15, -0.1) is 0 Å². The quantitative estimate of drug-likeness (QED) is 0.851. The minimum atomic E-state index is -0.345. The van der Waals surface area contributed by atoms with Crippen molar-refractivity contribution in [1.82, 2.24) is 4.98 Å². The van der Waals surface area contributed by atoms with Gasteiger partial charge in [0.15, 0.2) is 0 Å². The summed E-state index contributed by atoms with van der Waals surface area (Å²) in [5, 5.41) is 0. The van der Waals surface area contributed by atoms with Crippen molar-refractivity contribution in [2.24, 2.45) is 5.73 Å². The molecule has 110 valence electrons. The van der Waals surface area contributed by atoms with Crippen molar-refractivity contribution in [3.8, 4) is 0 Å². The number of hydrogen-bond acceptors (Lipinski definition) is 5. The highest BCUT2D eigenvalue weighted by Gasteiger charge is 2.15. The van der Waals surface area contributed by atoms with Gasteiger partial charge in [0, 0.05) is 26.3 Å².